The summed E-state index contributed by atoms with van der Waals surface area (Å²) in [6, 6.07) is 16.2. The molecule has 34 heavy (non-hydrogen) atoms. The first-order valence-electron chi connectivity index (χ1n) is 11.0. The van der Waals surface area contributed by atoms with Crippen molar-refractivity contribution in [3.63, 3.8) is 0 Å². The highest BCUT2D eigenvalue weighted by Gasteiger charge is 2.50. The molecule has 0 aliphatic heterocycles. The maximum absolute atomic E-state index is 12.6. The highest BCUT2D eigenvalue weighted by atomic mass is 16.5. The summed E-state index contributed by atoms with van der Waals surface area (Å²) in [4.78, 5) is 39.8. The van der Waals surface area contributed by atoms with Gasteiger partial charge in [-0.3, -0.25) is 4.79 Å². The summed E-state index contributed by atoms with van der Waals surface area (Å²) >= 11 is 0. The Bertz CT molecular complexity index is 1220. The molecule has 2 aliphatic carbocycles. The van der Waals surface area contributed by atoms with Crippen molar-refractivity contribution in [2.75, 3.05) is 13.2 Å². The largest absolute Gasteiger partial charge is 0.476 e. The third kappa shape index (κ3) is 4.00. The molecule has 0 atom stereocenters. The molecule has 1 heterocycles. The van der Waals surface area contributed by atoms with Crippen LogP contribution in [-0.4, -0.2) is 41.2 Å². The normalized spacial score (nSPS) is 15.2. The molecule has 0 radical (unpaired) electrons. The minimum Gasteiger partial charge on any atom is -0.476 e. The van der Waals surface area contributed by atoms with Crippen LogP contribution in [0.1, 0.15) is 46.1 Å². The fourth-order valence-electron chi connectivity index (χ4n) is 4.44. The number of hydrogen-bond donors (Lipinski definition) is 3. The number of nitrogens with one attached hydrogen (secondary N) is 2. The van der Waals surface area contributed by atoms with Gasteiger partial charge in [0, 0.05) is 12.5 Å². The third-order valence-corrected chi connectivity index (χ3v) is 6.50. The Kier molecular flexibility index (Phi) is 5.53. The summed E-state index contributed by atoms with van der Waals surface area (Å²) in [5.74, 6) is -1.47. The van der Waals surface area contributed by atoms with Gasteiger partial charge in [-0.1, -0.05) is 48.5 Å². The van der Waals surface area contributed by atoms with Crippen LogP contribution in [0.15, 0.2) is 59.3 Å². The van der Waals surface area contributed by atoms with Crippen LogP contribution in [0, 0.1) is 5.41 Å². The van der Waals surface area contributed by atoms with Crippen LogP contribution in [0.5, 0.6) is 0 Å². The van der Waals surface area contributed by atoms with Crippen molar-refractivity contribution >= 4 is 18.0 Å². The number of oxazole rings is 1. The van der Waals surface area contributed by atoms with Crippen molar-refractivity contribution in [2.45, 2.75) is 25.3 Å². The standard InChI is InChI=1S/C25H23N3O6/c29-22(30)21-20(34-14-28-21)11-26-23(31)25(9-10-25)13-27-24(32)33-12-19-17-7-3-1-5-15(17)16-6-2-4-8-18(16)19/h1-8,14,19H,9-13H2,(H,26,31)(H,27,32)(H,29,30). The number of carboxylic acid groups (broad SMARTS) is 1. The van der Waals surface area contributed by atoms with Crippen LogP contribution in [0.3, 0.4) is 0 Å². The van der Waals surface area contributed by atoms with Crippen molar-refractivity contribution in [3.05, 3.63) is 77.5 Å². The Balaban J connectivity index is 1.14. The fourth-order valence-corrected chi connectivity index (χ4v) is 4.44. The minimum absolute atomic E-state index is 0.0401. The Morgan fingerprint density at radius 3 is 2.29 bits per heavy atom. The monoisotopic (exact) mass is 461 g/mol. The summed E-state index contributed by atoms with van der Waals surface area (Å²) in [6.45, 7) is 0.243. The topological polar surface area (TPSA) is 131 Å². The summed E-state index contributed by atoms with van der Waals surface area (Å²) < 4.78 is 10.6. The number of rotatable bonds is 8. The Hall–Kier alpha value is -4.14. The van der Waals surface area contributed by atoms with E-state index in [9.17, 15) is 14.4 Å². The predicted octanol–water partition coefficient (Wildman–Crippen LogP) is 3.31. The Morgan fingerprint density at radius 1 is 1.03 bits per heavy atom. The molecule has 0 saturated heterocycles. The highest BCUT2D eigenvalue weighted by Crippen LogP contribution is 2.46. The number of ether oxygens (including phenoxy) is 1. The van der Waals surface area contributed by atoms with Crippen LogP contribution in [-0.2, 0) is 16.1 Å². The quantitative estimate of drug-likeness (QED) is 0.469. The maximum atomic E-state index is 12.6. The van der Waals surface area contributed by atoms with Crippen molar-refractivity contribution in [1.82, 2.24) is 15.6 Å². The van der Waals surface area contributed by atoms with E-state index in [1.807, 2.05) is 24.3 Å². The second-order valence-corrected chi connectivity index (χ2v) is 8.57. The molecule has 9 heteroatoms. The highest BCUT2D eigenvalue weighted by molar-refractivity contribution is 5.88. The molecular weight excluding hydrogens is 438 g/mol. The number of aromatic nitrogens is 1. The van der Waals surface area contributed by atoms with E-state index >= 15 is 0 Å². The second kappa shape index (κ2) is 8.66. The van der Waals surface area contributed by atoms with Gasteiger partial charge < -0.3 is 24.9 Å². The van der Waals surface area contributed by atoms with Crippen molar-refractivity contribution < 1.29 is 28.6 Å². The van der Waals surface area contributed by atoms with Crippen LogP contribution in [0.25, 0.3) is 11.1 Å². The molecule has 2 amide bonds. The first kappa shape index (κ1) is 21.7. The number of amides is 2. The Labute approximate surface area is 195 Å². The molecular formula is C25H23N3O6. The first-order chi connectivity index (χ1) is 16.5. The zero-order valence-electron chi connectivity index (χ0n) is 18.2. The van der Waals surface area contributed by atoms with Gasteiger partial charge in [-0.05, 0) is 35.1 Å². The molecule has 3 N–H and O–H groups in total. The van der Waals surface area contributed by atoms with Crippen LogP contribution in [0.4, 0.5) is 4.79 Å². The summed E-state index contributed by atoms with van der Waals surface area (Å²) in [6.07, 6.45) is 1.68. The molecule has 5 rings (SSSR count). The van der Waals surface area contributed by atoms with Crippen LogP contribution < -0.4 is 10.6 Å². The molecule has 0 unspecified atom stereocenters. The lowest BCUT2D eigenvalue weighted by atomic mass is 9.98. The number of carbonyl (C=O) groups excluding carboxylic acids is 2. The summed E-state index contributed by atoms with van der Waals surface area (Å²) in [5.41, 5.74) is 3.60. The third-order valence-electron chi connectivity index (χ3n) is 6.50. The van der Waals surface area contributed by atoms with E-state index < -0.39 is 17.5 Å². The number of nitrogens with zero attached hydrogens (tertiary/aromatic N) is 1. The molecule has 2 aromatic carbocycles. The number of benzene rings is 2. The Morgan fingerprint density at radius 2 is 1.68 bits per heavy atom. The molecule has 1 aromatic heterocycles. The van der Waals surface area contributed by atoms with Gasteiger partial charge in [0.1, 0.15) is 6.61 Å². The molecule has 1 saturated carbocycles. The zero-order valence-corrected chi connectivity index (χ0v) is 18.2. The van der Waals surface area contributed by atoms with E-state index in [4.69, 9.17) is 14.3 Å². The number of carboxylic acids is 1. The lowest BCUT2D eigenvalue weighted by molar-refractivity contribution is -0.126. The second-order valence-electron chi connectivity index (χ2n) is 8.57. The number of hydrogen-bond acceptors (Lipinski definition) is 6. The van der Waals surface area contributed by atoms with Crippen molar-refractivity contribution in [3.8, 4) is 11.1 Å². The van der Waals surface area contributed by atoms with Crippen molar-refractivity contribution in [2.24, 2.45) is 5.41 Å². The molecule has 1 fully saturated rings. The predicted molar refractivity (Wildman–Crippen MR) is 120 cm³/mol. The number of carbonyl (C=O) groups is 3. The van der Waals surface area contributed by atoms with Gasteiger partial charge in [0.25, 0.3) is 0 Å². The number of alkyl carbamates (subject to hydrolysis) is 1. The number of fused-ring (bicyclic) bond motifs is 3. The zero-order chi connectivity index (χ0) is 23.7. The first-order valence-corrected chi connectivity index (χ1v) is 11.0. The average Bonchev–Trinajstić information content (AvgIpc) is 3.37. The molecule has 3 aromatic rings. The van der Waals surface area contributed by atoms with Crippen molar-refractivity contribution in [1.29, 1.82) is 0 Å². The van der Waals surface area contributed by atoms with E-state index in [1.54, 1.807) is 0 Å². The summed E-state index contributed by atoms with van der Waals surface area (Å²) in [5, 5.41) is 14.5. The molecule has 174 valence electrons. The van der Waals surface area contributed by atoms with E-state index in [1.165, 1.54) is 0 Å². The minimum atomic E-state index is -1.23. The van der Waals surface area contributed by atoms with E-state index in [-0.39, 0.29) is 43.0 Å². The number of aromatic carboxylic acids is 1. The van der Waals surface area contributed by atoms with Gasteiger partial charge in [-0.15, -0.1) is 0 Å². The molecule has 0 spiro atoms. The van der Waals surface area contributed by atoms with E-state index in [2.05, 4.69) is 39.9 Å². The average molecular weight is 461 g/mol. The van der Waals surface area contributed by atoms with Gasteiger partial charge in [-0.2, -0.15) is 0 Å². The van der Waals surface area contributed by atoms with Crippen LogP contribution >= 0.6 is 0 Å². The smallest absolute Gasteiger partial charge is 0.407 e. The van der Waals surface area contributed by atoms with Gasteiger partial charge in [0.05, 0.1) is 12.0 Å². The SMILES string of the molecule is O=C(NCC1(C(=O)NCc2ocnc2C(=O)O)CC1)OCC1c2ccccc2-c2ccccc21. The fraction of sp³-hybridized carbons (Fsp3) is 0.280. The van der Waals surface area contributed by atoms with E-state index in [0.29, 0.717) is 12.8 Å². The lowest BCUT2D eigenvalue weighted by Crippen LogP contribution is -2.40. The summed E-state index contributed by atoms with van der Waals surface area (Å²) in [7, 11) is 0. The van der Waals surface area contributed by atoms with Gasteiger partial charge >= 0.3 is 12.1 Å². The molecule has 9 nitrogen and oxygen atoms in total. The van der Waals surface area contributed by atoms with Gasteiger partial charge in [-0.25, -0.2) is 14.6 Å². The molecule has 0 bridgehead atoms. The lowest BCUT2D eigenvalue weighted by Gasteiger charge is -2.17. The maximum Gasteiger partial charge on any atom is 0.407 e. The van der Waals surface area contributed by atoms with E-state index in [0.717, 1.165) is 28.6 Å². The van der Waals surface area contributed by atoms with Gasteiger partial charge in [0.15, 0.2) is 17.8 Å². The van der Waals surface area contributed by atoms with Gasteiger partial charge in [0.2, 0.25) is 5.91 Å². The van der Waals surface area contributed by atoms with Crippen LogP contribution in [0.2, 0.25) is 0 Å². The molecule has 2 aliphatic rings.